The minimum Gasteiger partial charge on any atom is -0.385 e. The van der Waals surface area contributed by atoms with E-state index in [0.29, 0.717) is 6.04 Å². The molecular weight excluding hydrogens is 246 g/mol. The molecule has 2 aromatic rings. The molecule has 0 saturated carbocycles. The lowest BCUT2D eigenvalue weighted by molar-refractivity contribution is 0.189. The van der Waals surface area contributed by atoms with Crippen LogP contribution < -0.4 is 5.32 Å². The lowest BCUT2D eigenvalue weighted by Gasteiger charge is -2.20. The van der Waals surface area contributed by atoms with E-state index >= 15 is 0 Å². The van der Waals surface area contributed by atoms with Gasteiger partial charge >= 0.3 is 0 Å². The zero-order valence-electron chi connectivity index (χ0n) is 12.6. The fourth-order valence-electron chi connectivity index (χ4n) is 2.67. The third-order valence-electron chi connectivity index (χ3n) is 3.68. The van der Waals surface area contributed by atoms with Gasteiger partial charge in [0.25, 0.3) is 0 Å². The summed E-state index contributed by atoms with van der Waals surface area (Å²) in [5.74, 6) is 0. The van der Waals surface area contributed by atoms with E-state index < -0.39 is 0 Å². The number of ether oxygens (including phenoxy) is 1. The average Bonchev–Trinajstić information content (AvgIpc) is 2.50. The predicted molar refractivity (Wildman–Crippen MR) is 86.1 cm³/mol. The summed E-state index contributed by atoms with van der Waals surface area (Å²) in [7, 11) is 1.77. The zero-order chi connectivity index (χ0) is 14.2. The lowest BCUT2D eigenvalue weighted by atomic mass is 9.95. The second kappa shape index (κ2) is 8.03. The minimum absolute atomic E-state index is 0.413. The molecule has 2 rings (SSSR count). The molecule has 1 unspecified atom stereocenters. The molecule has 0 fully saturated rings. The van der Waals surface area contributed by atoms with Crippen molar-refractivity contribution in [2.45, 2.75) is 32.2 Å². The van der Waals surface area contributed by atoms with Crippen LogP contribution >= 0.6 is 0 Å². The van der Waals surface area contributed by atoms with Gasteiger partial charge in [-0.3, -0.25) is 0 Å². The van der Waals surface area contributed by atoms with Crippen molar-refractivity contribution in [3.63, 3.8) is 0 Å². The average molecular weight is 271 g/mol. The van der Waals surface area contributed by atoms with Crippen molar-refractivity contribution in [2.24, 2.45) is 0 Å². The summed E-state index contributed by atoms with van der Waals surface area (Å²) >= 11 is 0. The predicted octanol–water partition coefficient (Wildman–Crippen LogP) is 4.31. The Morgan fingerprint density at radius 1 is 1.10 bits per heavy atom. The molecule has 0 aromatic heterocycles. The van der Waals surface area contributed by atoms with E-state index in [1.165, 1.54) is 16.3 Å². The van der Waals surface area contributed by atoms with Crippen molar-refractivity contribution in [1.82, 2.24) is 5.32 Å². The summed E-state index contributed by atoms with van der Waals surface area (Å²) in [6.45, 7) is 4.10. The van der Waals surface area contributed by atoms with Crippen LogP contribution in [0.4, 0.5) is 0 Å². The molecule has 0 amide bonds. The van der Waals surface area contributed by atoms with E-state index in [1.54, 1.807) is 7.11 Å². The summed E-state index contributed by atoms with van der Waals surface area (Å²) in [6, 6.07) is 15.6. The fraction of sp³-hybridized carbons (Fsp3) is 0.444. The van der Waals surface area contributed by atoms with Gasteiger partial charge in [-0.25, -0.2) is 0 Å². The standard InChI is InChI=1S/C18H25NO/c1-3-13-19-18(12-7-14-20-2)17-11-6-9-15-8-4-5-10-16(15)17/h4-6,8-11,18-19H,3,7,12-14H2,1-2H3. The first kappa shape index (κ1) is 15.0. The first-order chi connectivity index (χ1) is 9.86. The van der Waals surface area contributed by atoms with Crippen LogP contribution in [0.3, 0.4) is 0 Å². The number of benzene rings is 2. The second-order valence-corrected chi connectivity index (χ2v) is 5.21. The zero-order valence-corrected chi connectivity index (χ0v) is 12.6. The van der Waals surface area contributed by atoms with Gasteiger partial charge in [-0.15, -0.1) is 0 Å². The van der Waals surface area contributed by atoms with Crippen LogP contribution in [0.15, 0.2) is 42.5 Å². The molecule has 20 heavy (non-hydrogen) atoms. The van der Waals surface area contributed by atoms with E-state index in [-0.39, 0.29) is 0 Å². The fourth-order valence-corrected chi connectivity index (χ4v) is 2.67. The summed E-state index contributed by atoms with van der Waals surface area (Å²) in [4.78, 5) is 0. The summed E-state index contributed by atoms with van der Waals surface area (Å²) < 4.78 is 5.19. The lowest BCUT2D eigenvalue weighted by Crippen LogP contribution is -2.22. The number of hydrogen-bond donors (Lipinski definition) is 1. The topological polar surface area (TPSA) is 21.3 Å². The highest BCUT2D eigenvalue weighted by Gasteiger charge is 2.13. The van der Waals surface area contributed by atoms with E-state index in [2.05, 4.69) is 54.7 Å². The third-order valence-corrected chi connectivity index (χ3v) is 3.68. The third kappa shape index (κ3) is 3.81. The number of methoxy groups -OCH3 is 1. The molecular formula is C18H25NO. The van der Waals surface area contributed by atoms with Crippen LogP contribution in [-0.4, -0.2) is 20.3 Å². The minimum atomic E-state index is 0.413. The molecule has 0 aliphatic carbocycles. The van der Waals surface area contributed by atoms with Gasteiger partial charge in [-0.2, -0.15) is 0 Å². The SMILES string of the molecule is CCCNC(CCCOC)c1cccc2ccccc12. The van der Waals surface area contributed by atoms with Gasteiger partial charge in [0, 0.05) is 19.8 Å². The van der Waals surface area contributed by atoms with Gasteiger partial charge in [0.15, 0.2) is 0 Å². The number of hydrogen-bond acceptors (Lipinski definition) is 2. The van der Waals surface area contributed by atoms with Crippen molar-refractivity contribution in [3.8, 4) is 0 Å². The second-order valence-electron chi connectivity index (χ2n) is 5.21. The molecule has 2 heteroatoms. The monoisotopic (exact) mass is 271 g/mol. The van der Waals surface area contributed by atoms with Crippen molar-refractivity contribution in [2.75, 3.05) is 20.3 Å². The van der Waals surface area contributed by atoms with Crippen molar-refractivity contribution < 1.29 is 4.74 Å². The Kier molecular flexibility index (Phi) is 6.03. The Hall–Kier alpha value is -1.38. The Balaban J connectivity index is 2.24. The molecule has 108 valence electrons. The van der Waals surface area contributed by atoms with Gasteiger partial charge in [0.2, 0.25) is 0 Å². The molecule has 0 aliphatic rings. The smallest absolute Gasteiger partial charge is 0.0462 e. The molecule has 1 atom stereocenters. The first-order valence-corrected chi connectivity index (χ1v) is 7.56. The Morgan fingerprint density at radius 2 is 1.90 bits per heavy atom. The first-order valence-electron chi connectivity index (χ1n) is 7.56. The number of rotatable bonds is 8. The molecule has 0 bridgehead atoms. The summed E-state index contributed by atoms with van der Waals surface area (Å²) in [5.41, 5.74) is 1.41. The summed E-state index contributed by atoms with van der Waals surface area (Å²) in [5, 5.41) is 6.36. The van der Waals surface area contributed by atoms with E-state index in [9.17, 15) is 0 Å². The van der Waals surface area contributed by atoms with Crippen molar-refractivity contribution in [3.05, 3.63) is 48.0 Å². The maximum absolute atomic E-state index is 5.19. The normalized spacial score (nSPS) is 12.7. The van der Waals surface area contributed by atoms with Gasteiger partial charge in [-0.1, -0.05) is 49.4 Å². The Morgan fingerprint density at radius 3 is 2.70 bits per heavy atom. The molecule has 0 heterocycles. The molecule has 0 saturated heterocycles. The van der Waals surface area contributed by atoms with Crippen LogP contribution in [0.25, 0.3) is 10.8 Å². The molecule has 0 radical (unpaired) electrons. The van der Waals surface area contributed by atoms with E-state index in [1.807, 2.05) is 0 Å². The van der Waals surface area contributed by atoms with Crippen LogP contribution in [0.5, 0.6) is 0 Å². The van der Waals surface area contributed by atoms with Crippen molar-refractivity contribution in [1.29, 1.82) is 0 Å². The number of fused-ring (bicyclic) bond motifs is 1. The largest absolute Gasteiger partial charge is 0.385 e. The maximum atomic E-state index is 5.19. The van der Waals surface area contributed by atoms with Gasteiger partial charge in [0.1, 0.15) is 0 Å². The summed E-state index contributed by atoms with van der Waals surface area (Å²) in [6.07, 6.45) is 3.36. The van der Waals surface area contributed by atoms with Gasteiger partial charge in [-0.05, 0) is 42.1 Å². The highest BCUT2D eigenvalue weighted by Crippen LogP contribution is 2.27. The van der Waals surface area contributed by atoms with Crippen molar-refractivity contribution >= 4 is 10.8 Å². The molecule has 2 aromatic carbocycles. The van der Waals surface area contributed by atoms with Crippen LogP contribution in [0.2, 0.25) is 0 Å². The Bertz CT molecular complexity index is 518. The van der Waals surface area contributed by atoms with Gasteiger partial charge < -0.3 is 10.1 Å². The molecule has 2 nitrogen and oxygen atoms in total. The van der Waals surface area contributed by atoms with E-state index in [0.717, 1.165) is 32.4 Å². The van der Waals surface area contributed by atoms with Crippen LogP contribution in [0, 0.1) is 0 Å². The van der Waals surface area contributed by atoms with Gasteiger partial charge in [0.05, 0.1) is 0 Å². The van der Waals surface area contributed by atoms with E-state index in [4.69, 9.17) is 4.74 Å². The van der Waals surface area contributed by atoms with Crippen LogP contribution in [0.1, 0.15) is 37.8 Å². The maximum Gasteiger partial charge on any atom is 0.0462 e. The quantitative estimate of drug-likeness (QED) is 0.722. The van der Waals surface area contributed by atoms with Crippen LogP contribution in [-0.2, 0) is 4.74 Å². The highest BCUT2D eigenvalue weighted by molar-refractivity contribution is 5.86. The Labute approximate surface area is 122 Å². The number of nitrogens with one attached hydrogen (secondary N) is 1. The molecule has 0 spiro atoms. The molecule has 0 aliphatic heterocycles. The molecule has 1 N–H and O–H groups in total. The highest BCUT2D eigenvalue weighted by atomic mass is 16.5.